The van der Waals surface area contributed by atoms with Crippen molar-refractivity contribution in [2.75, 3.05) is 19.9 Å². The fourth-order valence-corrected chi connectivity index (χ4v) is 2.04. The van der Waals surface area contributed by atoms with Gasteiger partial charge in [-0.15, -0.1) is 0 Å². The van der Waals surface area contributed by atoms with E-state index < -0.39 is 7.14 Å². The first-order valence-electron chi connectivity index (χ1n) is 4.78. The summed E-state index contributed by atoms with van der Waals surface area (Å²) < 4.78 is 16.6. The fraction of sp³-hybridized carbons (Fsp3) is 0.364. The smallest absolute Gasteiger partial charge is 0.338 e. The van der Waals surface area contributed by atoms with E-state index in [0.29, 0.717) is 12.2 Å². The van der Waals surface area contributed by atoms with E-state index in [9.17, 15) is 9.36 Å². The van der Waals surface area contributed by atoms with Crippen LogP contribution < -0.4 is 5.30 Å². The van der Waals surface area contributed by atoms with Crippen LogP contribution in [0.5, 0.6) is 0 Å². The SMILES string of the molecule is CCOC(=O)c1ccc(P(C)(C)=O)cc1. The van der Waals surface area contributed by atoms with Crippen LogP contribution in [0.15, 0.2) is 24.3 Å². The Morgan fingerprint density at radius 3 is 2.20 bits per heavy atom. The number of hydrogen-bond donors (Lipinski definition) is 0. The molecule has 0 atom stereocenters. The van der Waals surface area contributed by atoms with Crippen LogP contribution in [0.3, 0.4) is 0 Å². The average molecular weight is 226 g/mol. The van der Waals surface area contributed by atoms with Crippen LogP contribution in [0.4, 0.5) is 0 Å². The van der Waals surface area contributed by atoms with Gasteiger partial charge < -0.3 is 9.30 Å². The topological polar surface area (TPSA) is 43.4 Å². The number of benzene rings is 1. The largest absolute Gasteiger partial charge is 0.462 e. The standard InChI is InChI=1S/C11H15O3P/c1-4-14-11(12)9-5-7-10(8-6-9)15(2,3)13/h5-8H,4H2,1-3H3. The summed E-state index contributed by atoms with van der Waals surface area (Å²) in [5.41, 5.74) is 0.494. The Morgan fingerprint density at radius 1 is 1.27 bits per heavy atom. The molecular weight excluding hydrogens is 211 g/mol. The molecule has 0 spiro atoms. The number of carbonyl (C=O) groups is 1. The monoisotopic (exact) mass is 226 g/mol. The van der Waals surface area contributed by atoms with Gasteiger partial charge >= 0.3 is 5.97 Å². The Balaban J connectivity index is 2.91. The van der Waals surface area contributed by atoms with Crippen LogP contribution in [-0.2, 0) is 9.30 Å². The van der Waals surface area contributed by atoms with Gasteiger partial charge in [-0.3, -0.25) is 0 Å². The van der Waals surface area contributed by atoms with Gasteiger partial charge in [0, 0.05) is 5.30 Å². The minimum Gasteiger partial charge on any atom is -0.462 e. The second kappa shape index (κ2) is 4.63. The van der Waals surface area contributed by atoms with Crippen LogP contribution >= 0.6 is 7.14 Å². The summed E-state index contributed by atoms with van der Waals surface area (Å²) in [6.45, 7) is 5.53. The van der Waals surface area contributed by atoms with E-state index in [-0.39, 0.29) is 5.97 Å². The first-order chi connectivity index (χ1) is 6.95. The van der Waals surface area contributed by atoms with Gasteiger partial charge in [-0.2, -0.15) is 0 Å². The minimum absolute atomic E-state index is 0.342. The van der Waals surface area contributed by atoms with Crippen LogP contribution in [0, 0.1) is 0 Å². The Labute approximate surface area is 89.8 Å². The lowest BCUT2D eigenvalue weighted by Crippen LogP contribution is -2.08. The Hall–Kier alpha value is -1.08. The molecule has 0 N–H and O–H groups in total. The van der Waals surface area contributed by atoms with Crippen molar-refractivity contribution >= 4 is 18.4 Å². The van der Waals surface area contributed by atoms with Gasteiger partial charge in [0.1, 0.15) is 7.14 Å². The van der Waals surface area contributed by atoms with Crippen LogP contribution in [0.1, 0.15) is 17.3 Å². The van der Waals surface area contributed by atoms with Crippen LogP contribution in [-0.4, -0.2) is 25.9 Å². The van der Waals surface area contributed by atoms with Gasteiger partial charge in [-0.05, 0) is 32.4 Å². The molecule has 0 aliphatic rings. The molecule has 3 nitrogen and oxygen atoms in total. The maximum absolute atomic E-state index is 11.7. The summed E-state index contributed by atoms with van der Waals surface area (Å²) >= 11 is 0. The molecule has 0 saturated carbocycles. The summed E-state index contributed by atoms with van der Waals surface area (Å²) in [6, 6.07) is 6.72. The molecule has 0 radical (unpaired) electrons. The maximum Gasteiger partial charge on any atom is 0.338 e. The molecule has 15 heavy (non-hydrogen) atoms. The third-order valence-electron chi connectivity index (χ3n) is 2.00. The van der Waals surface area contributed by atoms with E-state index in [1.165, 1.54) is 0 Å². The fourth-order valence-electron chi connectivity index (χ4n) is 1.17. The molecule has 4 heteroatoms. The molecule has 0 saturated heterocycles. The van der Waals surface area contributed by atoms with Crippen molar-refractivity contribution in [1.82, 2.24) is 0 Å². The lowest BCUT2D eigenvalue weighted by molar-refractivity contribution is 0.0526. The highest BCUT2D eigenvalue weighted by Crippen LogP contribution is 2.34. The molecule has 0 aromatic heterocycles. The molecule has 0 unspecified atom stereocenters. The minimum atomic E-state index is -2.24. The first kappa shape index (κ1) is 12.0. The summed E-state index contributed by atoms with van der Waals surface area (Å²) in [7, 11) is -2.24. The summed E-state index contributed by atoms with van der Waals surface area (Å²) in [5, 5.41) is 0.774. The normalized spacial score (nSPS) is 11.1. The number of hydrogen-bond acceptors (Lipinski definition) is 3. The molecule has 1 aromatic carbocycles. The Morgan fingerprint density at radius 2 is 1.80 bits per heavy atom. The van der Waals surface area contributed by atoms with E-state index >= 15 is 0 Å². The predicted octanol–water partition coefficient (Wildman–Crippen LogP) is 2.11. The van der Waals surface area contributed by atoms with E-state index in [1.54, 1.807) is 44.5 Å². The van der Waals surface area contributed by atoms with Crippen molar-refractivity contribution in [2.45, 2.75) is 6.92 Å². The molecule has 0 aliphatic heterocycles. The predicted molar refractivity (Wildman–Crippen MR) is 61.5 cm³/mol. The third kappa shape index (κ3) is 3.21. The van der Waals surface area contributed by atoms with Gasteiger partial charge in [0.2, 0.25) is 0 Å². The Kier molecular flexibility index (Phi) is 3.70. The lowest BCUT2D eigenvalue weighted by Gasteiger charge is -2.07. The van der Waals surface area contributed by atoms with E-state index in [4.69, 9.17) is 4.74 Å². The van der Waals surface area contributed by atoms with Gasteiger partial charge in [0.05, 0.1) is 12.2 Å². The van der Waals surface area contributed by atoms with E-state index in [1.807, 2.05) is 0 Å². The third-order valence-corrected chi connectivity index (χ3v) is 3.54. The zero-order valence-corrected chi connectivity index (χ0v) is 10.1. The second-order valence-corrected chi connectivity index (χ2v) is 6.84. The molecule has 1 aromatic rings. The highest BCUT2D eigenvalue weighted by molar-refractivity contribution is 7.70. The number of carbonyl (C=O) groups excluding carboxylic acids is 1. The van der Waals surface area contributed by atoms with Gasteiger partial charge in [0.15, 0.2) is 0 Å². The van der Waals surface area contributed by atoms with E-state index in [0.717, 1.165) is 5.30 Å². The molecule has 0 aliphatic carbocycles. The number of esters is 1. The van der Waals surface area contributed by atoms with Gasteiger partial charge in [0.25, 0.3) is 0 Å². The second-order valence-electron chi connectivity index (χ2n) is 3.62. The molecule has 1 rings (SSSR count). The van der Waals surface area contributed by atoms with Crippen molar-refractivity contribution < 1.29 is 14.1 Å². The van der Waals surface area contributed by atoms with Gasteiger partial charge in [-0.25, -0.2) is 4.79 Å². The molecular formula is C11H15O3P. The Bertz CT molecular complexity index is 389. The first-order valence-corrected chi connectivity index (χ1v) is 7.38. The highest BCUT2D eigenvalue weighted by Gasteiger charge is 2.12. The lowest BCUT2D eigenvalue weighted by atomic mass is 10.2. The van der Waals surface area contributed by atoms with E-state index in [2.05, 4.69) is 0 Å². The summed E-state index contributed by atoms with van der Waals surface area (Å²) in [5.74, 6) is -0.342. The zero-order valence-electron chi connectivity index (χ0n) is 9.19. The number of ether oxygens (including phenoxy) is 1. The van der Waals surface area contributed by atoms with Crippen LogP contribution in [0.25, 0.3) is 0 Å². The molecule has 0 amide bonds. The average Bonchev–Trinajstić information content (AvgIpc) is 2.17. The molecule has 0 heterocycles. The van der Waals surface area contributed by atoms with Crippen molar-refractivity contribution in [2.24, 2.45) is 0 Å². The van der Waals surface area contributed by atoms with Crippen molar-refractivity contribution in [3.8, 4) is 0 Å². The quantitative estimate of drug-likeness (QED) is 0.585. The van der Waals surface area contributed by atoms with Crippen LogP contribution in [0.2, 0.25) is 0 Å². The zero-order chi connectivity index (χ0) is 11.5. The molecule has 0 bridgehead atoms. The summed E-state index contributed by atoms with van der Waals surface area (Å²) in [6.07, 6.45) is 0. The van der Waals surface area contributed by atoms with Crippen molar-refractivity contribution in [1.29, 1.82) is 0 Å². The molecule has 0 fully saturated rings. The molecule has 82 valence electrons. The van der Waals surface area contributed by atoms with Gasteiger partial charge in [-0.1, -0.05) is 12.1 Å². The number of rotatable bonds is 3. The van der Waals surface area contributed by atoms with Crippen molar-refractivity contribution in [3.05, 3.63) is 29.8 Å². The maximum atomic E-state index is 11.7. The highest BCUT2D eigenvalue weighted by atomic mass is 31.2. The van der Waals surface area contributed by atoms with Crippen molar-refractivity contribution in [3.63, 3.8) is 0 Å². The summed E-state index contributed by atoms with van der Waals surface area (Å²) in [4.78, 5) is 11.3.